The molecule has 0 heterocycles. The quantitative estimate of drug-likeness (QED) is 0.626. The van der Waals surface area contributed by atoms with Crippen molar-refractivity contribution in [2.45, 2.75) is 19.8 Å². The Morgan fingerprint density at radius 2 is 2.33 bits per heavy atom. The molecule has 68 valence electrons. The lowest BCUT2D eigenvalue weighted by molar-refractivity contribution is -0.124. The van der Waals surface area contributed by atoms with Crippen LogP contribution < -0.4 is 11.1 Å². The predicted octanol–water partition coefficient (Wildman–Crippen LogP) is 0.435. The van der Waals surface area contributed by atoms with Crippen molar-refractivity contribution in [3.8, 4) is 0 Å². The molecule has 0 bridgehead atoms. The zero-order valence-corrected chi connectivity index (χ0v) is 7.99. The van der Waals surface area contributed by atoms with Crippen molar-refractivity contribution in [3.05, 3.63) is 0 Å². The first-order valence-electron chi connectivity index (χ1n) is 4.17. The van der Waals surface area contributed by atoms with Crippen molar-refractivity contribution in [1.29, 1.82) is 0 Å². The third kappa shape index (κ3) is 2.77. The smallest absolute Gasteiger partial charge is 0.223 e. The second kappa shape index (κ2) is 3.85. The number of amides is 1. The van der Waals surface area contributed by atoms with E-state index in [0.29, 0.717) is 17.5 Å². The topological polar surface area (TPSA) is 55.1 Å². The van der Waals surface area contributed by atoms with E-state index in [-0.39, 0.29) is 11.8 Å². The number of nitrogens with one attached hydrogen (secondary N) is 1. The highest BCUT2D eigenvalue weighted by Gasteiger charge is 2.32. The van der Waals surface area contributed by atoms with E-state index in [2.05, 4.69) is 17.5 Å². The van der Waals surface area contributed by atoms with Crippen LogP contribution in [0.2, 0.25) is 0 Å². The summed E-state index contributed by atoms with van der Waals surface area (Å²) < 4.78 is 0. The third-order valence-electron chi connectivity index (χ3n) is 2.18. The van der Waals surface area contributed by atoms with Crippen molar-refractivity contribution >= 4 is 23.1 Å². The second-order valence-corrected chi connectivity index (χ2v) is 3.83. The molecule has 3 N–H and O–H groups in total. The zero-order valence-electron chi connectivity index (χ0n) is 7.17. The number of nitrogens with two attached hydrogens (primary N) is 1. The number of carbonyl (C=O) groups is 1. The monoisotopic (exact) mass is 186 g/mol. The molecular formula is C8H14N2OS. The van der Waals surface area contributed by atoms with E-state index in [1.807, 2.05) is 6.92 Å². The van der Waals surface area contributed by atoms with E-state index in [0.717, 1.165) is 0 Å². The summed E-state index contributed by atoms with van der Waals surface area (Å²) in [5.74, 6) is 0.793. The number of carbonyl (C=O) groups excluding carboxylic acids is 1. The summed E-state index contributed by atoms with van der Waals surface area (Å²) in [4.78, 5) is 11.6. The molecule has 0 aromatic rings. The van der Waals surface area contributed by atoms with Crippen LogP contribution in [-0.4, -0.2) is 17.4 Å². The van der Waals surface area contributed by atoms with Gasteiger partial charge in [0, 0.05) is 5.92 Å². The van der Waals surface area contributed by atoms with Crippen LogP contribution in [0.5, 0.6) is 0 Å². The van der Waals surface area contributed by atoms with E-state index in [1.165, 1.54) is 12.8 Å². The van der Waals surface area contributed by atoms with E-state index < -0.39 is 0 Å². The molecule has 0 aromatic carbocycles. The Morgan fingerprint density at radius 3 is 2.75 bits per heavy atom. The van der Waals surface area contributed by atoms with Crippen LogP contribution >= 0.6 is 12.2 Å². The van der Waals surface area contributed by atoms with Crippen molar-refractivity contribution in [2.24, 2.45) is 17.6 Å². The summed E-state index contributed by atoms with van der Waals surface area (Å²) in [6.07, 6.45) is 2.36. The number of rotatable bonds is 4. The van der Waals surface area contributed by atoms with Crippen molar-refractivity contribution in [2.75, 3.05) is 6.54 Å². The lowest BCUT2D eigenvalue weighted by Crippen LogP contribution is -2.36. The number of hydrogen-bond acceptors (Lipinski definition) is 2. The SMILES string of the molecule is CC(C(=O)NCC(N)=S)C1CC1. The fourth-order valence-electron chi connectivity index (χ4n) is 1.15. The van der Waals surface area contributed by atoms with Gasteiger partial charge in [-0.05, 0) is 18.8 Å². The molecule has 1 unspecified atom stereocenters. The highest BCUT2D eigenvalue weighted by Crippen LogP contribution is 2.36. The molecule has 0 aromatic heterocycles. The Kier molecular flexibility index (Phi) is 3.03. The Morgan fingerprint density at radius 1 is 1.75 bits per heavy atom. The van der Waals surface area contributed by atoms with Crippen molar-refractivity contribution in [3.63, 3.8) is 0 Å². The van der Waals surface area contributed by atoms with Crippen LogP contribution in [0.4, 0.5) is 0 Å². The summed E-state index contributed by atoms with van der Waals surface area (Å²) in [5.41, 5.74) is 5.25. The van der Waals surface area contributed by atoms with Crippen molar-refractivity contribution < 1.29 is 4.79 Å². The van der Waals surface area contributed by atoms with Gasteiger partial charge in [-0.2, -0.15) is 0 Å². The Labute approximate surface area is 77.7 Å². The summed E-state index contributed by atoms with van der Waals surface area (Å²) in [5, 5.41) is 2.70. The molecule has 1 atom stereocenters. The van der Waals surface area contributed by atoms with Crippen LogP contribution in [0.25, 0.3) is 0 Å². The fourth-order valence-corrected chi connectivity index (χ4v) is 1.22. The third-order valence-corrected chi connectivity index (χ3v) is 2.32. The minimum absolute atomic E-state index is 0.0744. The summed E-state index contributed by atoms with van der Waals surface area (Å²) in [6, 6.07) is 0. The predicted molar refractivity (Wildman–Crippen MR) is 51.7 cm³/mol. The molecule has 4 heteroatoms. The van der Waals surface area contributed by atoms with Gasteiger partial charge in [-0.1, -0.05) is 19.1 Å². The second-order valence-electron chi connectivity index (χ2n) is 3.31. The van der Waals surface area contributed by atoms with E-state index in [9.17, 15) is 4.79 Å². The van der Waals surface area contributed by atoms with E-state index in [1.54, 1.807) is 0 Å². The maximum atomic E-state index is 11.3. The van der Waals surface area contributed by atoms with Gasteiger partial charge in [0.1, 0.15) is 0 Å². The molecule has 1 aliphatic carbocycles. The van der Waals surface area contributed by atoms with Crippen LogP contribution in [0.3, 0.4) is 0 Å². The molecule has 0 radical (unpaired) electrons. The Balaban J connectivity index is 2.22. The molecule has 0 aliphatic heterocycles. The zero-order chi connectivity index (χ0) is 9.14. The summed E-state index contributed by atoms with van der Waals surface area (Å²) >= 11 is 4.64. The Hall–Kier alpha value is -0.640. The average molecular weight is 186 g/mol. The lowest BCUT2D eigenvalue weighted by atomic mass is 10.1. The van der Waals surface area contributed by atoms with E-state index >= 15 is 0 Å². The first-order chi connectivity index (χ1) is 5.61. The first-order valence-corrected chi connectivity index (χ1v) is 4.58. The van der Waals surface area contributed by atoms with Crippen LogP contribution in [-0.2, 0) is 4.79 Å². The summed E-state index contributed by atoms with van der Waals surface area (Å²) in [7, 11) is 0. The molecule has 0 saturated heterocycles. The summed E-state index contributed by atoms with van der Waals surface area (Å²) in [6.45, 7) is 2.28. The minimum atomic E-state index is 0.0744. The Bertz CT molecular complexity index is 201. The van der Waals surface area contributed by atoms with Gasteiger partial charge in [0.05, 0.1) is 11.5 Å². The van der Waals surface area contributed by atoms with Crippen molar-refractivity contribution in [1.82, 2.24) is 5.32 Å². The maximum absolute atomic E-state index is 11.3. The molecule has 1 rings (SSSR count). The maximum Gasteiger partial charge on any atom is 0.223 e. The van der Waals surface area contributed by atoms with Gasteiger partial charge >= 0.3 is 0 Å². The van der Waals surface area contributed by atoms with Gasteiger partial charge < -0.3 is 11.1 Å². The standard InChI is InChI=1S/C8H14N2OS/c1-5(6-2-3-6)8(11)10-4-7(9)12/h5-6H,2-4H2,1H3,(H2,9,12)(H,10,11). The van der Waals surface area contributed by atoms with Crippen LogP contribution in [0.1, 0.15) is 19.8 Å². The average Bonchev–Trinajstić information content (AvgIpc) is 2.80. The van der Waals surface area contributed by atoms with Gasteiger partial charge in [0.25, 0.3) is 0 Å². The van der Waals surface area contributed by atoms with Gasteiger partial charge in [-0.15, -0.1) is 0 Å². The van der Waals surface area contributed by atoms with E-state index in [4.69, 9.17) is 5.73 Å². The molecule has 1 saturated carbocycles. The van der Waals surface area contributed by atoms with Crippen LogP contribution in [0, 0.1) is 11.8 Å². The molecule has 1 amide bonds. The first kappa shape index (κ1) is 9.45. The lowest BCUT2D eigenvalue weighted by Gasteiger charge is -2.09. The largest absolute Gasteiger partial charge is 0.392 e. The number of thiocarbonyl (C=S) groups is 1. The van der Waals surface area contributed by atoms with Gasteiger partial charge in [-0.25, -0.2) is 0 Å². The highest BCUT2D eigenvalue weighted by molar-refractivity contribution is 7.80. The number of hydrogen-bond donors (Lipinski definition) is 2. The fraction of sp³-hybridized carbons (Fsp3) is 0.750. The van der Waals surface area contributed by atoms with Gasteiger partial charge in [0.2, 0.25) is 5.91 Å². The molecule has 0 spiro atoms. The normalized spacial score (nSPS) is 18.4. The highest BCUT2D eigenvalue weighted by atomic mass is 32.1. The molecular weight excluding hydrogens is 172 g/mol. The molecule has 1 fully saturated rings. The van der Waals surface area contributed by atoms with Crippen LogP contribution in [0.15, 0.2) is 0 Å². The molecule has 12 heavy (non-hydrogen) atoms. The minimum Gasteiger partial charge on any atom is -0.392 e. The molecule has 3 nitrogen and oxygen atoms in total. The molecule has 1 aliphatic rings. The van der Waals surface area contributed by atoms with Gasteiger partial charge in [0.15, 0.2) is 0 Å². The van der Waals surface area contributed by atoms with Gasteiger partial charge in [-0.3, -0.25) is 4.79 Å².